The second kappa shape index (κ2) is 7.85. The van der Waals surface area contributed by atoms with Crippen molar-refractivity contribution in [3.8, 4) is 0 Å². The third kappa shape index (κ3) is 7.02. The molecular formula is C14H28OSi. The highest BCUT2D eigenvalue weighted by Crippen LogP contribution is 2.21. The van der Waals surface area contributed by atoms with E-state index in [1.165, 1.54) is 24.5 Å². The van der Waals surface area contributed by atoms with Crippen molar-refractivity contribution in [1.29, 1.82) is 0 Å². The molecule has 2 heteroatoms. The first-order chi connectivity index (χ1) is 7.41. The van der Waals surface area contributed by atoms with E-state index in [0.717, 1.165) is 12.8 Å². The SMILES string of the molecule is C=CC(O)C/C(=C\CCCCC)[Si](C)(C)C. The van der Waals surface area contributed by atoms with E-state index in [0.29, 0.717) is 0 Å². The van der Waals surface area contributed by atoms with Gasteiger partial charge >= 0.3 is 0 Å². The molecule has 0 aliphatic rings. The van der Waals surface area contributed by atoms with Crippen molar-refractivity contribution in [2.75, 3.05) is 0 Å². The maximum absolute atomic E-state index is 9.66. The number of rotatable bonds is 8. The van der Waals surface area contributed by atoms with Crippen LogP contribution in [0.3, 0.4) is 0 Å². The molecule has 0 saturated heterocycles. The summed E-state index contributed by atoms with van der Waals surface area (Å²) in [6.45, 7) is 12.9. The minimum absolute atomic E-state index is 0.371. The quantitative estimate of drug-likeness (QED) is 0.381. The summed E-state index contributed by atoms with van der Waals surface area (Å²) in [7, 11) is -1.27. The Balaban J connectivity index is 4.37. The van der Waals surface area contributed by atoms with E-state index in [1.54, 1.807) is 6.08 Å². The average Bonchev–Trinajstić information content (AvgIpc) is 2.20. The lowest BCUT2D eigenvalue weighted by Crippen LogP contribution is -2.26. The number of hydrogen-bond acceptors (Lipinski definition) is 1. The monoisotopic (exact) mass is 240 g/mol. The Bertz CT molecular complexity index is 225. The zero-order valence-electron chi connectivity index (χ0n) is 11.4. The molecule has 1 nitrogen and oxygen atoms in total. The van der Waals surface area contributed by atoms with Crippen LogP contribution in [0.1, 0.15) is 39.0 Å². The number of hydrogen-bond donors (Lipinski definition) is 1. The molecule has 0 amide bonds. The molecule has 0 aliphatic carbocycles. The lowest BCUT2D eigenvalue weighted by Gasteiger charge is -2.22. The number of aliphatic hydroxyl groups excluding tert-OH is 1. The van der Waals surface area contributed by atoms with Crippen LogP contribution in [0.5, 0.6) is 0 Å². The van der Waals surface area contributed by atoms with Gasteiger partial charge < -0.3 is 5.11 Å². The van der Waals surface area contributed by atoms with Gasteiger partial charge in [-0.1, -0.05) is 56.8 Å². The Morgan fingerprint density at radius 2 is 1.94 bits per heavy atom. The molecule has 0 aromatic carbocycles. The Kier molecular flexibility index (Phi) is 7.69. The van der Waals surface area contributed by atoms with Crippen molar-refractivity contribution < 1.29 is 5.11 Å². The standard InChI is InChI=1S/C14H28OSi/c1-6-8-9-10-11-14(16(3,4)5)12-13(15)7-2/h7,11,13,15H,2,6,8-10,12H2,1,3-5H3/b14-11+. The van der Waals surface area contributed by atoms with Gasteiger partial charge in [-0.05, 0) is 19.3 Å². The highest BCUT2D eigenvalue weighted by Gasteiger charge is 2.20. The van der Waals surface area contributed by atoms with Crippen LogP contribution in [0.2, 0.25) is 19.6 Å². The fourth-order valence-corrected chi connectivity index (χ4v) is 3.25. The van der Waals surface area contributed by atoms with Gasteiger partial charge in [0, 0.05) is 0 Å². The second-order valence-electron chi connectivity index (χ2n) is 5.48. The zero-order valence-corrected chi connectivity index (χ0v) is 12.4. The molecule has 0 heterocycles. The van der Waals surface area contributed by atoms with Crippen molar-refractivity contribution in [1.82, 2.24) is 0 Å². The first-order valence-electron chi connectivity index (χ1n) is 6.42. The van der Waals surface area contributed by atoms with Gasteiger partial charge in [-0.2, -0.15) is 0 Å². The van der Waals surface area contributed by atoms with Crippen molar-refractivity contribution in [3.63, 3.8) is 0 Å². The highest BCUT2D eigenvalue weighted by atomic mass is 28.3. The van der Waals surface area contributed by atoms with E-state index in [1.807, 2.05) is 0 Å². The Morgan fingerprint density at radius 1 is 1.31 bits per heavy atom. The van der Waals surface area contributed by atoms with Gasteiger partial charge in [-0.15, -0.1) is 6.58 Å². The smallest absolute Gasteiger partial charge is 0.0751 e. The average molecular weight is 240 g/mol. The fourth-order valence-electron chi connectivity index (χ4n) is 1.67. The highest BCUT2D eigenvalue weighted by molar-refractivity contribution is 6.83. The predicted octanol–water partition coefficient (Wildman–Crippen LogP) is 4.31. The maximum atomic E-state index is 9.66. The summed E-state index contributed by atoms with van der Waals surface area (Å²) < 4.78 is 0. The Labute approximate surface area is 102 Å². The van der Waals surface area contributed by atoms with Crippen molar-refractivity contribution >= 4 is 8.07 Å². The summed E-state index contributed by atoms with van der Waals surface area (Å²) in [6, 6.07) is 0. The predicted molar refractivity (Wildman–Crippen MR) is 76.4 cm³/mol. The number of allylic oxidation sites excluding steroid dienone is 1. The van der Waals surface area contributed by atoms with Crippen LogP contribution < -0.4 is 0 Å². The molecule has 16 heavy (non-hydrogen) atoms. The van der Waals surface area contributed by atoms with Crippen LogP contribution in [0.4, 0.5) is 0 Å². The molecule has 0 fully saturated rings. The summed E-state index contributed by atoms with van der Waals surface area (Å²) in [5.41, 5.74) is 0. The molecular weight excluding hydrogens is 212 g/mol. The third-order valence-electron chi connectivity index (χ3n) is 2.86. The second-order valence-corrected chi connectivity index (χ2v) is 10.6. The summed E-state index contributed by atoms with van der Waals surface area (Å²) in [5, 5.41) is 11.1. The van der Waals surface area contributed by atoms with Gasteiger partial charge in [-0.3, -0.25) is 0 Å². The Hall–Kier alpha value is -0.343. The number of aliphatic hydroxyl groups is 1. The van der Waals surface area contributed by atoms with E-state index in [-0.39, 0.29) is 6.10 Å². The normalized spacial score (nSPS) is 14.9. The topological polar surface area (TPSA) is 20.2 Å². The van der Waals surface area contributed by atoms with Crippen molar-refractivity contribution in [2.24, 2.45) is 0 Å². The molecule has 0 aromatic heterocycles. The fraction of sp³-hybridized carbons (Fsp3) is 0.714. The molecule has 0 bridgehead atoms. The van der Waals surface area contributed by atoms with E-state index in [4.69, 9.17) is 0 Å². The molecule has 0 spiro atoms. The van der Waals surface area contributed by atoms with Crippen molar-refractivity contribution in [3.05, 3.63) is 23.9 Å². The van der Waals surface area contributed by atoms with E-state index >= 15 is 0 Å². The van der Waals surface area contributed by atoms with Gasteiger partial charge in [0.05, 0.1) is 14.2 Å². The molecule has 0 aliphatic heterocycles. The number of unbranched alkanes of at least 4 members (excludes halogenated alkanes) is 3. The molecule has 0 aromatic rings. The minimum Gasteiger partial charge on any atom is -0.389 e. The van der Waals surface area contributed by atoms with Gasteiger partial charge in [-0.25, -0.2) is 0 Å². The van der Waals surface area contributed by atoms with Crippen molar-refractivity contribution in [2.45, 2.75) is 64.8 Å². The van der Waals surface area contributed by atoms with Crippen LogP contribution in [0.15, 0.2) is 23.9 Å². The van der Waals surface area contributed by atoms with Crippen LogP contribution in [0, 0.1) is 0 Å². The lowest BCUT2D eigenvalue weighted by molar-refractivity contribution is 0.225. The molecule has 0 rings (SSSR count). The molecule has 0 saturated carbocycles. The molecule has 1 N–H and O–H groups in total. The Morgan fingerprint density at radius 3 is 2.38 bits per heavy atom. The molecule has 1 atom stereocenters. The van der Waals surface area contributed by atoms with E-state index in [2.05, 4.69) is 39.2 Å². The largest absolute Gasteiger partial charge is 0.389 e. The summed E-state index contributed by atoms with van der Waals surface area (Å²) in [6.07, 6.45) is 9.43. The van der Waals surface area contributed by atoms with E-state index < -0.39 is 8.07 Å². The van der Waals surface area contributed by atoms with Gasteiger partial charge in [0.2, 0.25) is 0 Å². The van der Waals surface area contributed by atoms with Crippen LogP contribution in [0.25, 0.3) is 0 Å². The zero-order chi connectivity index (χ0) is 12.6. The van der Waals surface area contributed by atoms with Crippen LogP contribution in [-0.4, -0.2) is 19.3 Å². The first-order valence-corrected chi connectivity index (χ1v) is 9.92. The van der Waals surface area contributed by atoms with Gasteiger partial charge in [0.1, 0.15) is 0 Å². The van der Waals surface area contributed by atoms with Gasteiger partial charge in [0.25, 0.3) is 0 Å². The van der Waals surface area contributed by atoms with Crippen LogP contribution >= 0.6 is 0 Å². The summed E-state index contributed by atoms with van der Waals surface area (Å²) in [4.78, 5) is 0. The van der Waals surface area contributed by atoms with Crippen LogP contribution in [-0.2, 0) is 0 Å². The first kappa shape index (κ1) is 15.7. The molecule has 0 radical (unpaired) electrons. The molecule has 94 valence electrons. The summed E-state index contributed by atoms with van der Waals surface area (Å²) in [5.74, 6) is 0. The van der Waals surface area contributed by atoms with E-state index in [9.17, 15) is 5.11 Å². The third-order valence-corrected chi connectivity index (χ3v) is 5.20. The van der Waals surface area contributed by atoms with Gasteiger partial charge in [0.15, 0.2) is 0 Å². The molecule has 1 unspecified atom stereocenters. The lowest BCUT2D eigenvalue weighted by atomic mass is 10.1. The maximum Gasteiger partial charge on any atom is 0.0751 e. The summed E-state index contributed by atoms with van der Waals surface area (Å²) >= 11 is 0. The minimum atomic E-state index is -1.27.